The lowest BCUT2D eigenvalue weighted by atomic mass is 10.1. The Kier molecular flexibility index (Phi) is 7.62. The quantitative estimate of drug-likeness (QED) is 0.560. The number of anilines is 2. The van der Waals surface area contributed by atoms with Crippen LogP contribution >= 0.6 is 0 Å². The molecule has 3 rings (SSSR count). The van der Waals surface area contributed by atoms with Gasteiger partial charge in [0.1, 0.15) is 5.82 Å². The van der Waals surface area contributed by atoms with Crippen LogP contribution in [0.25, 0.3) is 0 Å². The van der Waals surface area contributed by atoms with Crippen molar-refractivity contribution in [2.75, 3.05) is 17.2 Å². The molecule has 0 spiro atoms. The normalized spacial score (nSPS) is 15.2. The first kappa shape index (κ1) is 22.7. The summed E-state index contributed by atoms with van der Waals surface area (Å²) in [6.45, 7) is 4.37. The molecule has 0 radical (unpaired) electrons. The second kappa shape index (κ2) is 10.4. The number of carbonyl (C=O) groups excluding carboxylic acids is 1. The molecule has 0 bridgehead atoms. The lowest BCUT2D eigenvalue weighted by Gasteiger charge is -2.30. The number of nitrogens with one attached hydrogen (secondary N) is 2. The van der Waals surface area contributed by atoms with E-state index in [1.807, 2.05) is 32.0 Å². The lowest BCUT2D eigenvalue weighted by molar-refractivity contribution is -0.118. The molecule has 1 saturated carbocycles. The number of aromatic amines is 1. The first-order chi connectivity index (χ1) is 14.9. The topological polar surface area (TPSA) is 126 Å². The minimum absolute atomic E-state index is 0.0290. The van der Waals surface area contributed by atoms with Crippen LogP contribution in [0.2, 0.25) is 0 Å². The molecule has 2 aromatic rings. The number of H-pyrrole nitrogens is 1. The Morgan fingerprint density at radius 2 is 2.10 bits per heavy atom. The molecule has 1 aliphatic carbocycles. The molecule has 9 nitrogen and oxygen atoms in total. The van der Waals surface area contributed by atoms with Crippen molar-refractivity contribution in [1.82, 2.24) is 19.9 Å². The number of nitrogens with zero attached hydrogens (tertiary/aromatic N) is 3. The molecule has 4 N–H and O–H groups in total. The molecule has 1 fully saturated rings. The van der Waals surface area contributed by atoms with E-state index >= 15 is 0 Å². The van der Waals surface area contributed by atoms with Gasteiger partial charge in [-0.25, -0.2) is 4.79 Å². The predicted molar refractivity (Wildman–Crippen MR) is 121 cm³/mol. The highest BCUT2D eigenvalue weighted by atomic mass is 16.2. The third-order valence-electron chi connectivity index (χ3n) is 5.84. The standard InChI is InChI=1S/C22H32N6O3/c1-3-4-13-27-20(23)19(21(30)26-22(27)31)28(16-9-5-6-10-16)18(29)14-25-15(2)17-11-7-8-12-24-17/h7-8,11-12,15-16,25H,3-6,9-10,13-14,23H2,1-2H3,(H,26,30,31). The van der Waals surface area contributed by atoms with Crippen LogP contribution in [0.15, 0.2) is 34.0 Å². The van der Waals surface area contributed by atoms with E-state index in [9.17, 15) is 14.4 Å². The zero-order valence-corrected chi connectivity index (χ0v) is 18.3. The van der Waals surface area contributed by atoms with Crippen LogP contribution in [0.3, 0.4) is 0 Å². The number of nitrogens with two attached hydrogens (primary N) is 1. The summed E-state index contributed by atoms with van der Waals surface area (Å²) < 4.78 is 1.36. The molecule has 0 aliphatic heterocycles. The maximum Gasteiger partial charge on any atom is 0.330 e. The van der Waals surface area contributed by atoms with E-state index in [0.29, 0.717) is 6.54 Å². The molecule has 2 aromatic heterocycles. The summed E-state index contributed by atoms with van der Waals surface area (Å²) in [4.78, 5) is 46.6. The maximum atomic E-state index is 13.3. The maximum absolute atomic E-state index is 13.3. The largest absolute Gasteiger partial charge is 0.383 e. The van der Waals surface area contributed by atoms with Gasteiger partial charge in [-0.05, 0) is 38.3 Å². The SMILES string of the molecule is CCCCn1c(N)c(N(C(=O)CNC(C)c2ccccn2)C2CCCC2)c(=O)[nH]c1=O. The highest BCUT2D eigenvalue weighted by Gasteiger charge is 2.32. The number of aromatic nitrogens is 3. The second-order valence-corrected chi connectivity index (χ2v) is 8.06. The van der Waals surface area contributed by atoms with Gasteiger partial charge in [0.15, 0.2) is 5.69 Å². The third kappa shape index (κ3) is 5.22. The number of rotatable bonds is 9. The number of unbranched alkanes of at least 4 members (excludes halogenated alkanes) is 1. The van der Waals surface area contributed by atoms with Crippen molar-refractivity contribution in [3.8, 4) is 0 Å². The molecule has 1 aliphatic rings. The molecular weight excluding hydrogens is 396 g/mol. The summed E-state index contributed by atoms with van der Waals surface area (Å²) in [5.41, 5.74) is 6.05. The van der Waals surface area contributed by atoms with E-state index in [4.69, 9.17) is 5.73 Å². The van der Waals surface area contributed by atoms with E-state index in [2.05, 4.69) is 15.3 Å². The molecule has 1 amide bonds. The van der Waals surface area contributed by atoms with Gasteiger partial charge < -0.3 is 16.0 Å². The minimum atomic E-state index is -0.617. The van der Waals surface area contributed by atoms with Crippen molar-refractivity contribution in [1.29, 1.82) is 0 Å². The molecule has 0 saturated heterocycles. The zero-order chi connectivity index (χ0) is 22.4. The summed E-state index contributed by atoms with van der Waals surface area (Å²) in [6.07, 6.45) is 6.90. The Morgan fingerprint density at radius 3 is 2.74 bits per heavy atom. The average molecular weight is 429 g/mol. The van der Waals surface area contributed by atoms with Gasteiger partial charge in [0.05, 0.1) is 12.2 Å². The summed E-state index contributed by atoms with van der Waals surface area (Å²) in [5, 5.41) is 3.20. The molecule has 9 heteroatoms. The Labute approximate surface area is 181 Å². The summed E-state index contributed by atoms with van der Waals surface area (Å²) in [7, 11) is 0. The van der Waals surface area contributed by atoms with Gasteiger partial charge >= 0.3 is 5.69 Å². The van der Waals surface area contributed by atoms with Crippen molar-refractivity contribution in [2.24, 2.45) is 0 Å². The Hall–Kier alpha value is -2.94. The van der Waals surface area contributed by atoms with Crippen LogP contribution in [-0.4, -0.2) is 33.0 Å². The summed E-state index contributed by atoms with van der Waals surface area (Å²) in [5.74, 6) is -0.187. The van der Waals surface area contributed by atoms with Crippen molar-refractivity contribution >= 4 is 17.4 Å². The van der Waals surface area contributed by atoms with Gasteiger partial charge in [0.25, 0.3) is 5.56 Å². The predicted octanol–water partition coefficient (Wildman–Crippen LogP) is 1.94. The van der Waals surface area contributed by atoms with Crippen molar-refractivity contribution in [2.45, 2.75) is 71.0 Å². The van der Waals surface area contributed by atoms with Gasteiger partial charge in [0, 0.05) is 24.8 Å². The average Bonchev–Trinajstić information content (AvgIpc) is 3.29. The van der Waals surface area contributed by atoms with E-state index in [1.54, 1.807) is 6.20 Å². The fourth-order valence-corrected chi connectivity index (χ4v) is 4.08. The van der Waals surface area contributed by atoms with Crippen LogP contribution in [0, 0.1) is 0 Å². The molecular formula is C22H32N6O3. The van der Waals surface area contributed by atoms with E-state index in [0.717, 1.165) is 44.2 Å². The van der Waals surface area contributed by atoms with Gasteiger partial charge in [-0.3, -0.25) is 24.1 Å². The monoisotopic (exact) mass is 428 g/mol. The number of pyridine rings is 1. The summed E-state index contributed by atoms with van der Waals surface area (Å²) in [6, 6.07) is 5.38. The Balaban J connectivity index is 1.90. The van der Waals surface area contributed by atoms with Crippen molar-refractivity contribution < 1.29 is 4.79 Å². The van der Waals surface area contributed by atoms with E-state index < -0.39 is 11.2 Å². The second-order valence-electron chi connectivity index (χ2n) is 8.06. The van der Waals surface area contributed by atoms with Gasteiger partial charge in [-0.15, -0.1) is 0 Å². The van der Waals surface area contributed by atoms with Gasteiger partial charge in [-0.2, -0.15) is 0 Å². The Bertz CT molecular complexity index is 995. The molecule has 2 heterocycles. The van der Waals surface area contributed by atoms with Gasteiger partial charge in [-0.1, -0.05) is 32.3 Å². The minimum Gasteiger partial charge on any atom is -0.383 e. The van der Waals surface area contributed by atoms with Crippen LogP contribution in [-0.2, 0) is 11.3 Å². The van der Waals surface area contributed by atoms with Crippen LogP contribution < -0.4 is 27.2 Å². The number of hydrogen-bond donors (Lipinski definition) is 3. The first-order valence-corrected chi connectivity index (χ1v) is 11.0. The number of amides is 1. The molecule has 1 unspecified atom stereocenters. The smallest absolute Gasteiger partial charge is 0.330 e. The fourth-order valence-electron chi connectivity index (χ4n) is 4.08. The van der Waals surface area contributed by atoms with Crippen LogP contribution in [0.4, 0.5) is 11.5 Å². The fraction of sp³-hybridized carbons (Fsp3) is 0.545. The molecule has 1 atom stereocenters. The Morgan fingerprint density at radius 1 is 1.35 bits per heavy atom. The zero-order valence-electron chi connectivity index (χ0n) is 18.3. The molecule has 0 aromatic carbocycles. The lowest BCUT2D eigenvalue weighted by Crippen LogP contribution is -2.48. The number of nitrogen functional groups attached to an aromatic ring is 1. The van der Waals surface area contributed by atoms with Crippen LogP contribution in [0.1, 0.15) is 64.1 Å². The van der Waals surface area contributed by atoms with E-state index in [1.165, 1.54) is 9.47 Å². The molecule has 31 heavy (non-hydrogen) atoms. The first-order valence-electron chi connectivity index (χ1n) is 11.0. The van der Waals surface area contributed by atoms with Crippen LogP contribution in [0.5, 0.6) is 0 Å². The third-order valence-corrected chi connectivity index (χ3v) is 5.84. The van der Waals surface area contributed by atoms with E-state index in [-0.39, 0.29) is 36.0 Å². The van der Waals surface area contributed by atoms with Gasteiger partial charge in [0.2, 0.25) is 5.91 Å². The molecule has 168 valence electrons. The summed E-state index contributed by atoms with van der Waals surface area (Å²) >= 11 is 0. The number of carbonyl (C=O) groups is 1. The van der Waals surface area contributed by atoms with Crippen molar-refractivity contribution in [3.05, 3.63) is 50.9 Å². The highest BCUT2D eigenvalue weighted by molar-refractivity contribution is 5.97. The number of hydrogen-bond acceptors (Lipinski definition) is 6. The van der Waals surface area contributed by atoms with Crippen molar-refractivity contribution in [3.63, 3.8) is 0 Å². The highest BCUT2D eigenvalue weighted by Crippen LogP contribution is 2.29.